The lowest BCUT2D eigenvalue weighted by atomic mass is 10.1. The fourth-order valence-electron chi connectivity index (χ4n) is 2.76. The fourth-order valence-corrected chi connectivity index (χ4v) is 4.70. The van der Waals surface area contributed by atoms with E-state index in [0.29, 0.717) is 0 Å². The van der Waals surface area contributed by atoms with E-state index in [1.54, 1.807) is 0 Å². The van der Waals surface area contributed by atoms with Crippen molar-refractivity contribution in [1.82, 2.24) is 0 Å². The molecule has 0 saturated heterocycles. The van der Waals surface area contributed by atoms with Gasteiger partial charge < -0.3 is 4.74 Å². The Balaban J connectivity index is 3.04. The molecule has 0 aromatic rings. The Labute approximate surface area is 155 Å². The third kappa shape index (κ3) is 22.4. The highest BCUT2D eigenvalue weighted by Crippen LogP contribution is 2.21. The van der Waals surface area contributed by atoms with Crippen LogP contribution in [0.1, 0.15) is 84.0 Å². The van der Waals surface area contributed by atoms with Gasteiger partial charge in [0.1, 0.15) is 6.69 Å². The van der Waals surface area contributed by atoms with Crippen molar-refractivity contribution in [1.29, 1.82) is 0 Å². The summed E-state index contributed by atoms with van der Waals surface area (Å²) in [5.74, 6) is 0. The van der Waals surface area contributed by atoms with Crippen LogP contribution in [0.15, 0.2) is 12.2 Å². The Kier molecular flexibility index (Phi) is 16.2. The van der Waals surface area contributed by atoms with Crippen LogP contribution in [0, 0.1) is 0 Å². The third-order valence-corrected chi connectivity index (χ3v) is 6.89. The maximum absolute atomic E-state index is 5.51. The summed E-state index contributed by atoms with van der Waals surface area (Å²) in [4.78, 5) is 0. The summed E-state index contributed by atoms with van der Waals surface area (Å²) in [6, 6.07) is 1.44. The molecule has 0 bridgehead atoms. The van der Waals surface area contributed by atoms with Crippen LogP contribution in [0.4, 0.5) is 0 Å². The molecule has 0 amide bonds. The van der Waals surface area contributed by atoms with E-state index in [4.69, 9.17) is 4.74 Å². The quantitative estimate of drug-likeness (QED) is 0.104. The van der Waals surface area contributed by atoms with Crippen LogP contribution in [0.2, 0.25) is 19.1 Å². The van der Waals surface area contributed by atoms with Crippen LogP contribution in [0.25, 0.3) is 0 Å². The topological polar surface area (TPSA) is 9.23 Å². The zero-order valence-corrected chi connectivity index (χ0v) is 18.7. The summed E-state index contributed by atoms with van der Waals surface area (Å²) in [6.07, 6.45) is 16.8. The first-order chi connectivity index (χ1) is 10.9. The first kappa shape index (κ1) is 23.4. The molecule has 0 radical (unpaired) electrons. The van der Waals surface area contributed by atoms with Crippen LogP contribution in [-0.2, 0) is 4.74 Å². The highest BCUT2D eigenvalue weighted by atomic mass is 79.9. The largest absolute Gasteiger partial charge is 0.377 e. The van der Waals surface area contributed by atoms with Gasteiger partial charge in [0.25, 0.3) is 0 Å². The van der Waals surface area contributed by atoms with Gasteiger partial charge in [0, 0.05) is 6.61 Å². The molecule has 0 atom stereocenters. The third-order valence-electron chi connectivity index (χ3n) is 4.16. The number of halogens is 1. The number of ether oxygens (including phenoxy) is 1. The summed E-state index contributed by atoms with van der Waals surface area (Å²) in [6.45, 7) is 11.3. The van der Waals surface area contributed by atoms with Crippen molar-refractivity contribution in [3.63, 3.8) is 0 Å². The second kappa shape index (κ2) is 15.9. The van der Waals surface area contributed by atoms with Crippen LogP contribution in [-0.4, -0.2) is 19.9 Å². The first-order valence-corrected chi connectivity index (χ1v) is 15.3. The predicted octanol–water partition coefficient (Wildman–Crippen LogP) is 7.86. The molecule has 0 aromatic heterocycles. The van der Waals surface area contributed by atoms with Crippen molar-refractivity contribution < 1.29 is 4.74 Å². The van der Waals surface area contributed by atoms with Crippen molar-refractivity contribution in [3.05, 3.63) is 12.2 Å². The molecule has 3 heteroatoms. The molecule has 0 aliphatic carbocycles. The van der Waals surface area contributed by atoms with Gasteiger partial charge in [-0.2, -0.15) is 0 Å². The molecule has 0 N–H and O–H groups in total. The van der Waals surface area contributed by atoms with Gasteiger partial charge in [-0.25, -0.2) is 0 Å². The van der Waals surface area contributed by atoms with Crippen molar-refractivity contribution in [2.24, 2.45) is 0 Å². The minimum Gasteiger partial charge on any atom is -0.377 e. The van der Waals surface area contributed by atoms with Gasteiger partial charge in [0.15, 0.2) is 0 Å². The summed E-state index contributed by atoms with van der Waals surface area (Å²) in [5.41, 5.74) is 1.12. The van der Waals surface area contributed by atoms with E-state index < -0.39 is 6.69 Å². The van der Waals surface area contributed by atoms with E-state index in [0.717, 1.165) is 18.8 Å². The van der Waals surface area contributed by atoms with Gasteiger partial charge in [-0.15, -0.1) is 15.3 Å². The number of hydrogen-bond acceptors (Lipinski definition) is 1. The lowest BCUT2D eigenvalue weighted by Crippen LogP contribution is -2.13. The molecule has 0 saturated carbocycles. The Bertz CT molecular complexity index is 273. The summed E-state index contributed by atoms with van der Waals surface area (Å²) < 4.78 is 5.51. The highest BCUT2D eigenvalue weighted by Gasteiger charge is 2.14. The van der Waals surface area contributed by atoms with E-state index in [2.05, 4.69) is 35.0 Å². The predicted molar refractivity (Wildman–Crippen MR) is 112 cm³/mol. The van der Waals surface area contributed by atoms with Crippen molar-refractivity contribution in [2.75, 3.05) is 13.2 Å². The lowest BCUT2D eigenvalue weighted by molar-refractivity contribution is 0.151. The highest BCUT2D eigenvalue weighted by molar-refractivity contribution is 9.26. The van der Waals surface area contributed by atoms with Crippen LogP contribution in [0.5, 0.6) is 0 Å². The molecule has 23 heavy (non-hydrogen) atoms. The normalized spacial score (nSPS) is 11.8. The molecule has 0 fully saturated rings. The zero-order valence-electron chi connectivity index (χ0n) is 16.1. The minimum atomic E-state index is -0.967. The minimum absolute atomic E-state index is 0.732. The van der Waals surface area contributed by atoms with E-state index in [1.165, 1.54) is 83.1 Å². The Hall–Kier alpha value is 0.397. The van der Waals surface area contributed by atoms with E-state index in [-0.39, 0.29) is 0 Å². The van der Waals surface area contributed by atoms with Gasteiger partial charge in [0.05, 0.1) is 6.61 Å². The van der Waals surface area contributed by atoms with Crippen LogP contribution >= 0.6 is 15.3 Å². The van der Waals surface area contributed by atoms with Gasteiger partial charge in [-0.1, -0.05) is 95.9 Å². The van der Waals surface area contributed by atoms with Gasteiger partial charge in [-0.3, -0.25) is 0 Å². The maximum atomic E-state index is 5.51. The molecular formula is C20H41BrOSi. The molecule has 1 nitrogen and oxygen atoms in total. The van der Waals surface area contributed by atoms with E-state index in [9.17, 15) is 0 Å². The molecule has 0 heterocycles. The number of unbranched alkanes of at least 4 members (excludes halogenated alkanes) is 11. The smallest absolute Gasteiger partial charge is 0.124 e. The van der Waals surface area contributed by atoms with Gasteiger partial charge >= 0.3 is 0 Å². The van der Waals surface area contributed by atoms with Gasteiger partial charge in [0.2, 0.25) is 0 Å². The molecule has 0 aliphatic heterocycles. The standard InChI is InChI=1S/C20H41BrOSi/c1-20(2)19-22-17-15-13-11-9-7-5-6-8-10-12-14-16-18-23(3,4)21/h1,5-19H2,2-4H3. The molecule has 0 aromatic carbocycles. The monoisotopic (exact) mass is 404 g/mol. The molecule has 0 aliphatic rings. The van der Waals surface area contributed by atoms with Crippen LogP contribution in [0.3, 0.4) is 0 Å². The second-order valence-corrected chi connectivity index (χ2v) is 18.1. The van der Waals surface area contributed by atoms with Crippen molar-refractivity contribution in [2.45, 2.75) is 103 Å². The molecule has 0 rings (SSSR count). The Morgan fingerprint density at radius 2 is 1.17 bits per heavy atom. The Morgan fingerprint density at radius 3 is 1.57 bits per heavy atom. The fraction of sp³-hybridized carbons (Fsp3) is 0.900. The average Bonchev–Trinajstić information content (AvgIpc) is 2.45. The first-order valence-electron chi connectivity index (χ1n) is 9.83. The van der Waals surface area contributed by atoms with Crippen molar-refractivity contribution in [3.8, 4) is 0 Å². The number of hydrogen-bond donors (Lipinski definition) is 0. The summed E-state index contributed by atoms with van der Waals surface area (Å²) in [5, 5.41) is 0. The summed E-state index contributed by atoms with van der Waals surface area (Å²) in [7, 11) is 0. The zero-order chi connectivity index (χ0) is 17.4. The van der Waals surface area contributed by atoms with E-state index >= 15 is 0 Å². The molecular weight excluding hydrogens is 364 g/mol. The lowest BCUT2D eigenvalue weighted by Gasteiger charge is -2.12. The second-order valence-electron chi connectivity index (χ2n) is 7.72. The number of rotatable bonds is 17. The molecule has 0 unspecified atom stereocenters. The van der Waals surface area contributed by atoms with E-state index in [1.807, 2.05) is 6.92 Å². The average molecular weight is 406 g/mol. The Morgan fingerprint density at radius 1 is 0.783 bits per heavy atom. The molecule has 138 valence electrons. The molecule has 0 spiro atoms. The van der Waals surface area contributed by atoms with Gasteiger partial charge in [-0.05, 0) is 19.4 Å². The maximum Gasteiger partial charge on any atom is 0.124 e. The SMILES string of the molecule is C=C(C)COCCCCCCCCCCCCCC[Si](C)(C)Br. The summed E-state index contributed by atoms with van der Waals surface area (Å²) >= 11 is 3.85. The van der Waals surface area contributed by atoms with Crippen LogP contribution < -0.4 is 0 Å². The van der Waals surface area contributed by atoms with Crippen molar-refractivity contribution >= 4 is 22.0 Å².